The number of carboxylic acid groups (broad SMARTS) is 1. The number of hydrogen-bond acceptors (Lipinski definition) is 3. The summed E-state index contributed by atoms with van der Waals surface area (Å²) >= 11 is 0. The van der Waals surface area contributed by atoms with E-state index in [-0.39, 0.29) is 6.61 Å². The van der Waals surface area contributed by atoms with Crippen LogP contribution in [-0.4, -0.2) is 51.9 Å². The molecule has 0 saturated heterocycles. The summed E-state index contributed by atoms with van der Waals surface area (Å²) in [7, 11) is 7.30. The van der Waals surface area contributed by atoms with E-state index in [4.69, 9.17) is 4.74 Å². The van der Waals surface area contributed by atoms with Gasteiger partial charge in [-0.1, -0.05) is 0 Å². The monoisotopic (exact) mass is 175 g/mol. The second kappa shape index (κ2) is 4.42. The first kappa shape index (κ1) is 11.4. The predicted octanol–water partition coefficient (Wildman–Crippen LogP) is -1.29. The van der Waals surface area contributed by atoms with Gasteiger partial charge in [0.15, 0.2) is 0 Å². The van der Waals surface area contributed by atoms with E-state index < -0.39 is 11.9 Å². The third-order valence-corrected chi connectivity index (χ3v) is 1.47. The van der Waals surface area contributed by atoms with Gasteiger partial charge in [-0.2, -0.15) is 0 Å². The van der Waals surface area contributed by atoms with Crippen LogP contribution in [-0.2, 0) is 9.53 Å². The molecule has 0 N–H and O–H groups in total. The molecule has 1 unspecified atom stereocenters. The van der Waals surface area contributed by atoms with Crippen LogP contribution < -0.4 is 5.11 Å². The fraction of sp³-hybridized carbons (Fsp3) is 0.875. The first-order valence-corrected chi connectivity index (χ1v) is 3.87. The van der Waals surface area contributed by atoms with Crippen molar-refractivity contribution in [1.29, 1.82) is 0 Å². The van der Waals surface area contributed by atoms with Crippen molar-refractivity contribution < 1.29 is 19.1 Å². The summed E-state index contributed by atoms with van der Waals surface area (Å²) in [5, 5.41) is 10.6. The van der Waals surface area contributed by atoms with Gasteiger partial charge in [0.25, 0.3) is 0 Å². The molecule has 0 aliphatic heterocycles. The first-order chi connectivity index (χ1) is 5.37. The van der Waals surface area contributed by atoms with Crippen molar-refractivity contribution in [3.63, 3.8) is 0 Å². The predicted molar refractivity (Wildman–Crippen MR) is 43.3 cm³/mol. The van der Waals surface area contributed by atoms with Crippen molar-refractivity contribution in [3.05, 3.63) is 0 Å². The van der Waals surface area contributed by atoms with Crippen LogP contribution in [0.5, 0.6) is 0 Å². The third kappa shape index (κ3) is 5.09. The van der Waals surface area contributed by atoms with Gasteiger partial charge in [0.05, 0.1) is 46.2 Å². The maximum absolute atomic E-state index is 10.6. The molecule has 0 saturated carbocycles. The molecule has 0 bridgehead atoms. The van der Waals surface area contributed by atoms with Crippen molar-refractivity contribution in [2.75, 3.05) is 41.4 Å². The number of aliphatic carboxylic acids is 1. The van der Waals surface area contributed by atoms with E-state index in [1.807, 2.05) is 21.1 Å². The van der Waals surface area contributed by atoms with Crippen molar-refractivity contribution >= 4 is 5.97 Å². The number of nitrogens with zero attached hydrogens (tertiary/aromatic N) is 1. The van der Waals surface area contributed by atoms with E-state index in [1.54, 1.807) is 0 Å². The highest BCUT2D eigenvalue weighted by atomic mass is 16.5. The lowest BCUT2D eigenvalue weighted by Gasteiger charge is -2.29. The van der Waals surface area contributed by atoms with E-state index in [0.717, 1.165) is 0 Å². The zero-order valence-electron chi connectivity index (χ0n) is 8.16. The standard InChI is InChI=1S/C8H17NO3/c1-9(2,3)5-7(6-12-4)8(10)11/h7H,5-6H2,1-4H3. The number of carboxylic acids is 1. The van der Waals surface area contributed by atoms with Gasteiger partial charge in [0, 0.05) is 7.11 Å². The molecule has 72 valence electrons. The zero-order valence-corrected chi connectivity index (χ0v) is 8.16. The summed E-state index contributed by atoms with van der Waals surface area (Å²) in [6, 6.07) is 0. The minimum atomic E-state index is -1.04. The van der Waals surface area contributed by atoms with Crippen molar-refractivity contribution in [1.82, 2.24) is 0 Å². The van der Waals surface area contributed by atoms with Gasteiger partial charge in [-0.15, -0.1) is 0 Å². The quantitative estimate of drug-likeness (QED) is 0.488. The molecule has 0 heterocycles. The Bertz CT molecular complexity index is 151. The smallest absolute Gasteiger partial charge is 0.0884 e. The van der Waals surface area contributed by atoms with Crippen LogP contribution in [0.3, 0.4) is 0 Å². The summed E-state index contributed by atoms with van der Waals surface area (Å²) in [4.78, 5) is 10.6. The van der Waals surface area contributed by atoms with Gasteiger partial charge in [-0.3, -0.25) is 0 Å². The Balaban J connectivity index is 4.05. The molecular weight excluding hydrogens is 158 g/mol. The Morgan fingerprint density at radius 3 is 2.25 bits per heavy atom. The van der Waals surface area contributed by atoms with Gasteiger partial charge in [0.1, 0.15) is 0 Å². The minimum absolute atomic E-state index is 0.220. The van der Waals surface area contributed by atoms with Gasteiger partial charge >= 0.3 is 0 Å². The van der Waals surface area contributed by atoms with E-state index in [0.29, 0.717) is 11.0 Å². The Kier molecular flexibility index (Phi) is 4.20. The Hall–Kier alpha value is -0.610. The molecule has 0 fully saturated rings. The topological polar surface area (TPSA) is 49.4 Å². The van der Waals surface area contributed by atoms with E-state index in [9.17, 15) is 9.90 Å². The lowest BCUT2D eigenvalue weighted by Crippen LogP contribution is -2.47. The fourth-order valence-corrected chi connectivity index (χ4v) is 1.06. The van der Waals surface area contributed by atoms with Crippen LogP contribution in [0.2, 0.25) is 0 Å². The number of carbonyl (C=O) groups is 1. The summed E-state index contributed by atoms with van der Waals surface area (Å²) in [6.07, 6.45) is 0. The molecular formula is C8H17NO3. The lowest BCUT2D eigenvalue weighted by atomic mass is 10.1. The zero-order chi connectivity index (χ0) is 9.78. The average Bonchev–Trinajstić information content (AvgIpc) is 1.83. The lowest BCUT2D eigenvalue weighted by molar-refractivity contribution is -0.873. The molecule has 1 atom stereocenters. The number of hydrogen-bond donors (Lipinski definition) is 0. The van der Waals surface area contributed by atoms with Crippen LogP contribution in [0, 0.1) is 5.92 Å². The SMILES string of the molecule is COCC(C[N+](C)(C)C)C(=O)[O-]. The highest BCUT2D eigenvalue weighted by Crippen LogP contribution is 2.02. The fourth-order valence-electron chi connectivity index (χ4n) is 1.06. The Morgan fingerprint density at radius 2 is 2.00 bits per heavy atom. The second-order valence-electron chi connectivity index (χ2n) is 3.94. The number of carbonyl (C=O) groups excluding carboxylic acids is 1. The molecule has 0 aromatic carbocycles. The minimum Gasteiger partial charge on any atom is -0.550 e. The van der Waals surface area contributed by atoms with Crippen molar-refractivity contribution in [2.24, 2.45) is 5.92 Å². The largest absolute Gasteiger partial charge is 0.550 e. The Morgan fingerprint density at radius 1 is 1.50 bits per heavy atom. The van der Waals surface area contributed by atoms with Crippen molar-refractivity contribution in [3.8, 4) is 0 Å². The van der Waals surface area contributed by atoms with Crippen LogP contribution in [0.25, 0.3) is 0 Å². The third-order valence-electron chi connectivity index (χ3n) is 1.47. The van der Waals surface area contributed by atoms with Crippen LogP contribution >= 0.6 is 0 Å². The molecule has 0 aromatic heterocycles. The molecule has 0 radical (unpaired) electrons. The van der Waals surface area contributed by atoms with Gasteiger partial charge in [-0.05, 0) is 0 Å². The molecule has 0 aliphatic carbocycles. The van der Waals surface area contributed by atoms with Crippen LogP contribution in [0.15, 0.2) is 0 Å². The molecule has 0 amide bonds. The highest BCUT2D eigenvalue weighted by Gasteiger charge is 2.18. The molecule has 4 nitrogen and oxygen atoms in total. The highest BCUT2D eigenvalue weighted by molar-refractivity contribution is 5.67. The van der Waals surface area contributed by atoms with Crippen LogP contribution in [0.4, 0.5) is 0 Å². The molecule has 0 aromatic rings. The summed E-state index contributed by atoms with van der Waals surface area (Å²) in [5.74, 6) is -1.56. The maximum atomic E-state index is 10.6. The summed E-state index contributed by atoms with van der Waals surface area (Å²) < 4.78 is 5.38. The molecule has 0 rings (SSSR count). The number of ether oxygens (including phenoxy) is 1. The summed E-state index contributed by atoms with van der Waals surface area (Å²) in [5.41, 5.74) is 0. The normalized spacial score (nSPS) is 14.3. The van der Waals surface area contributed by atoms with Gasteiger partial charge in [0.2, 0.25) is 0 Å². The van der Waals surface area contributed by atoms with Gasteiger partial charge < -0.3 is 19.1 Å². The maximum Gasteiger partial charge on any atom is 0.0884 e. The average molecular weight is 175 g/mol. The number of rotatable bonds is 5. The van der Waals surface area contributed by atoms with E-state index in [1.165, 1.54) is 7.11 Å². The van der Waals surface area contributed by atoms with E-state index >= 15 is 0 Å². The number of methoxy groups -OCH3 is 1. The van der Waals surface area contributed by atoms with Crippen LogP contribution in [0.1, 0.15) is 0 Å². The summed E-state index contributed by atoms with van der Waals surface area (Å²) in [6.45, 7) is 0.744. The molecule has 0 spiro atoms. The molecule has 12 heavy (non-hydrogen) atoms. The molecule has 4 heteroatoms. The first-order valence-electron chi connectivity index (χ1n) is 3.87. The van der Waals surface area contributed by atoms with Crippen molar-refractivity contribution in [2.45, 2.75) is 0 Å². The molecule has 0 aliphatic rings. The second-order valence-corrected chi connectivity index (χ2v) is 3.94. The van der Waals surface area contributed by atoms with Gasteiger partial charge in [-0.25, -0.2) is 0 Å². The number of quaternary nitrogens is 1. The Labute approximate surface area is 73.3 Å². The van der Waals surface area contributed by atoms with E-state index in [2.05, 4.69) is 0 Å².